The van der Waals surface area contributed by atoms with E-state index < -0.39 is 23.1 Å². The largest absolute Gasteiger partial charge is 0.497 e. The summed E-state index contributed by atoms with van der Waals surface area (Å²) >= 11 is 0. The van der Waals surface area contributed by atoms with E-state index in [0.29, 0.717) is 56.1 Å². The van der Waals surface area contributed by atoms with E-state index >= 15 is 0 Å². The van der Waals surface area contributed by atoms with E-state index in [-0.39, 0.29) is 83.3 Å². The van der Waals surface area contributed by atoms with Crippen LogP contribution in [0.25, 0.3) is 11.2 Å². The molecule has 18 heteroatoms. The van der Waals surface area contributed by atoms with Crippen molar-refractivity contribution in [3.05, 3.63) is 148 Å². The van der Waals surface area contributed by atoms with Gasteiger partial charge in [-0.1, -0.05) is 88.2 Å². The average Bonchev–Trinajstić information content (AvgIpc) is 3.96. The summed E-state index contributed by atoms with van der Waals surface area (Å²) in [6.45, 7) is 9.22. The standard InChI is InChI=1S/C60H70N8O10/c1-38(2)56(73)65-59-64-55-54(58(75)66-59)62-46(34-61-55)36-67(41(5)70)47-25-19-42(20-26-47)57(74)63-52(40(4)69)32-27-49(71)17-13-8-9-14-18-53(72)68-35-39(3)33-48(68)37-78-60(43-15-11-10-12-16-43,44-21-28-50(76-6)29-22-44)45-23-30-51(77-7)31-24-45/h10-12,15-16,19-26,28-31,34,38-39,48,52H,8-9,13-14,17-18,27,32-33,35-37H2,1-7H3,(H,63,74)(H2,61,64,65,66,73,75)/t39-,48+,52+/m1/s1. The van der Waals surface area contributed by atoms with E-state index in [9.17, 15) is 33.6 Å². The molecule has 4 amide bonds. The number of rotatable bonds is 26. The molecule has 3 atom stereocenters. The Balaban J connectivity index is 0.867. The average molecular weight is 1060 g/mol. The summed E-state index contributed by atoms with van der Waals surface area (Å²) in [7, 11) is 3.28. The molecule has 3 heterocycles. The molecule has 0 bridgehead atoms. The van der Waals surface area contributed by atoms with Crippen LogP contribution in [0.15, 0.2) is 114 Å². The monoisotopic (exact) mass is 1060 g/mol. The Bertz CT molecular complexity index is 3060. The highest BCUT2D eigenvalue weighted by atomic mass is 16.5. The minimum absolute atomic E-state index is 0.0122. The number of carbonyl (C=O) groups is 6. The number of methoxy groups -OCH3 is 2. The third-order valence-corrected chi connectivity index (χ3v) is 14.1. The Morgan fingerprint density at radius 2 is 1.40 bits per heavy atom. The Morgan fingerprint density at radius 1 is 0.782 bits per heavy atom. The predicted molar refractivity (Wildman–Crippen MR) is 296 cm³/mol. The zero-order valence-corrected chi connectivity index (χ0v) is 45.5. The van der Waals surface area contributed by atoms with E-state index in [1.54, 1.807) is 40.2 Å². The van der Waals surface area contributed by atoms with Gasteiger partial charge in [0.2, 0.25) is 23.7 Å². The quantitative estimate of drug-likeness (QED) is 0.0342. The summed E-state index contributed by atoms with van der Waals surface area (Å²) in [5.74, 6) is -0.0195. The molecule has 0 aliphatic carbocycles. The number of hydrogen-bond donors (Lipinski definition) is 3. The number of amides is 4. The van der Waals surface area contributed by atoms with Crippen molar-refractivity contribution in [1.82, 2.24) is 30.2 Å². The Kier molecular flexibility index (Phi) is 19.8. The van der Waals surface area contributed by atoms with Crippen molar-refractivity contribution < 1.29 is 43.0 Å². The fourth-order valence-electron chi connectivity index (χ4n) is 9.74. The van der Waals surface area contributed by atoms with Crippen molar-refractivity contribution in [2.75, 3.05) is 37.6 Å². The molecule has 18 nitrogen and oxygen atoms in total. The molecule has 4 aromatic carbocycles. The molecule has 0 radical (unpaired) electrons. The molecule has 1 aliphatic heterocycles. The first-order valence-electron chi connectivity index (χ1n) is 26.6. The molecule has 0 spiro atoms. The summed E-state index contributed by atoms with van der Waals surface area (Å²) in [5, 5.41) is 5.29. The predicted octanol–water partition coefficient (Wildman–Crippen LogP) is 8.50. The number of ether oxygens (including phenoxy) is 3. The van der Waals surface area contributed by atoms with Crippen LogP contribution in [-0.2, 0) is 40.9 Å². The molecular formula is C60H70N8O10. The lowest BCUT2D eigenvalue weighted by molar-refractivity contribution is -0.134. The highest BCUT2D eigenvalue weighted by Gasteiger charge is 2.41. The van der Waals surface area contributed by atoms with Crippen LogP contribution < -0.4 is 30.6 Å². The van der Waals surface area contributed by atoms with E-state index in [0.717, 1.165) is 47.5 Å². The van der Waals surface area contributed by atoms with Gasteiger partial charge in [0.15, 0.2) is 16.9 Å². The number of unbranched alkanes of at least 4 members (excludes halogenated alkanes) is 3. The molecule has 6 aromatic rings. The van der Waals surface area contributed by atoms with Crippen LogP contribution in [0.1, 0.15) is 125 Å². The third-order valence-electron chi connectivity index (χ3n) is 14.1. The van der Waals surface area contributed by atoms with Crippen molar-refractivity contribution in [1.29, 1.82) is 0 Å². The number of aromatic amines is 1. The zero-order chi connectivity index (χ0) is 55.9. The van der Waals surface area contributed by atoms with Crippen LogP contribution in [0, 0.1) is 11.8 Å². The smallest absolute Gasteiger partial charge is 0.280 e. The van der Waals surface area contributed by atoms with Gasteiger partial charge < -0.3 is 29.3 Å². The van der Waals surface area contributed by atoms with Crippen LogP contribution in [0.2, 0.25) is 0 Å². The van der Waals surface area contributed by atoms with Gasteiger partial charge in [0.25, 0.3) is 11.5 Å². The van der Waals surface area contributed by atoms with Crippen molar-refractivity contribution in [3.63, 3.8) is 0 Å². The molecule has 2 aromatic heterocycles. The number of H-pyrrole nitrogens is 1. The number of hydrogen-bond acceptors (Lipinski definition) is 13. The molecule has 0 saturated carbocycles. The number of nitrogens with one attached hydrogen (secondary N) is 3. The van der Waals surface area contributed by atoms with Crippen molar-refractivity contribution in [3.8, 4) is 11.5 Å². The first kappa shape index (κ1) is 57.6. The Labute approximate surface area is 454 Å². The second kappa shape index (κ2) is 26.8. The topological polar surface area (TPSA) is 232 Å². The van der Waals surface area contributed by atoms with Crippen molar-refractivity contribution >= 4 is 58.0 Å². The molecule has 7 rings (SSSR count). The Morgan fingerprint density at radius 3 is 1.99 bits per heavy atom. The summed E-state index contributed by atoms with van der Waals surface area (Å²) in [6.07, 6.45) is 6.06. The lowest BCUT2D eigenvalue weighted by atomic mass is 9.80. The maximum atomic E-state index is 13.9. The van der Waals surface area contributed by atoms with Crippen LogP contribution in [0.4, 0.5) is 11.6 Å². The van der Waals surface area contributed by atoms with Crippen molar-refractivity contribution in [2.24, 2.45) is 11.8 Å². The fourth-order valence-corrected chi connectivity index (χ4v) is 9.74. The molecule has 78 heavy (non-hydrogen) atoms. The van der Waals surface area contributed by atoms with E-state index in [2.05, 4.69) is 49.6 Å². The van der Waals surface area contributed by atoms with Gasteiger partial charge in [-0.05, 0) is 104 Å². The first-order valence-corrected chi connectivity index (χ1v) is 26.6. The third kappa shape index (κ3) is 14.5. The maximum Gasteiger partial charge on any atom is 0.280 e. The van der Waals surface area contributed by atoms with Gasteiger partial charge in [-0.25, -0.2) is 9.97 Å². The van der Waals surface area contributed by atoms with E-state index in [4.69, 9.17) is 14.2 Å². The maximum absolute atomic E-state index is 13.9. The molecule has 0 unspecified atom stereocenters. The highest BCUT2D eigenvalue weighted by Crippen LogP contribution is 2.42. The number of ketones is 2. The summed E-state index contributed by atoms with van der Waals surface area (Å²) < 4.78 is 18.2. The summed E-state index contributed by atoms with van der Waals surface area (Å²) in [5.41, 5.74) is 2.10. The number of aromatic nitrogens is 4. The van der Waals surface area contributed by atoms with E-state index in [1.807, 2.05) is 71.6 Å². The number of fused-ring (bicyclic) bond motifs is 1. The lowest BCUT2D eigenvalue weighted by Gasteiger charge is -2.38. The van der Waals surface area contributed by atoms with Crippen LogP contribution in [-0.4, -0.2) is 99.5 Å². The summed E-state index contributed by atoms with van der Waals surface area (Å²) in [6, 6.07) is 31.1. The molecule has 1 fully saturated rings. The van der Waals surface area contributed by atoms with Crippen LogP contribution in [0.5, 0.6) is 11.5 Å². The van der Waals surface area contributed by atoms with Crippen molar-refractivity contribution in [2.45, 2.75) is 117 Å². The normalized spacial score (nSPS) is 14.7. The fraction of sp³-hybridized carbons (Fsp3) is 0.400. The van der Waals surface area contributed by atoms with Gasteiger partial charge in [0.1, 0.15) is 22.9 Å². The zero-order valence-electron chi connectivity index (χ0n) is 45.5. The molecule has 1 saturated heterocycles. The lowest BCUT2D eigenvalue weighted by Crippen LogP contribution is -2.42. The van der Waals surface area contributed by atoms with Gasteiger partial charge in [0.05, 0.1) is 51.3 Å². The molecule has 410 valence electrons. The minimum atomic E-state index is -0.997. The number of nitrogens with zero attached hydrogens (tertiary/aromatic N) is 5. The number of likely N-dealkylation sites (tertiary alicyclic amines) is 1. The SMILES string of the molecule is COc1ccc(C(OC[C@@H]2C[C@@H](C)CN2C(=O)CCCCCCC(=O)CC[C@H](NC(=O)c2ccc(N(Cc3cnc4nc(NC(=O)C(C)C)[nH]c(=O)c4n3)C(C)=O)cc2)C(C)=O)(c2ccccc2)c2ccc(OC)cc2)cc1. The Hall–Kier alpha value is -8.12. The number of benzene rings is 4. The van der Waals surface area contributed by atoms with Crippen LogP contribution >= 0.6 is 0 Å². The van der Waals surface area contributed by atoms with Gasteiger partial charge in [-0.2, -0.15) is 4.98 Å². The van der Waals surface area contributed by atoms with Gasteiger partial charge in [-0.3, -0.25) is 43.9 Å². The molecular weight excluding hydrogens is 993 g/mol. The number of Topliss-reactive ketones (excluding diaryl/α,β-unsaturated/α-hetero) is 2. The van der Waals surface area contributed by atoms with Crippen LogP contribution in [0.3, 0.4) is 0 Å². The van der Waals surface area contributed by atoms with E-state index in [1.165, 1.54) is 37.1 Å². The van der Waals surface area contributed by atoms with Gasteiger partial charge in [0, 0.05) is 49.9 Å². The van der Waals surface area contributed by atoms with Gasteiger partial charge >= 0.3 is 0 Å². The summed E-state index contributed by atoms with van der Waals surface area (Å²) in [4.78, 5) is 109. The number of carbonyl (C=O) groups excluding carboxylic acids is 6. The molecule has 3 N–H and O–H groups in total. The molecule has 1 aliphatic rings. The second-order valence-electron chi connectivity index (χ2n) is 20.2. The highest BCUT2D eigenvalue weighted by molar-refractivity contribution is 5.99. The number of anilines is 2. The second-order valence-corrected chi connectivity index (χ2v) is 20.2. The first-order chi connectivity index (χ1) is 37.5. The minimum Gasteiger partial charge on any atom is -0.497 e. The van der Waals surface area contributed by atoms with Gasteiger partial charge in [-0.15, -0.1) is 0 Å².